The summed E-state index contributed by atoms with van der Waals surface area (Å²) in [5, 5.41) is 9.35. The van der Waals surface area contributed by atoms with Gasteiger partial charge in [0, 0.05) is 25.3 Å². The van der Waals surface area contributed by atoms with E-state index in [0.29, 0.717) is 38.7 Å². The topological polar surface area (TPSA) is 81.7 Å². The first kappa shape index (κ1) is 19.9. The van der Waals surface area contributed by atoms with E-state index in [2.05, 4.69) is 34.2 Å². The van der Waals surface area contributed by atoms with Gasteiger partial charge in [-0.25, -0.2) is 9.78 Å². The van der Waals surface area contributed by atoms with Crippen molar-refractivity contribution in [2.24, 2.45) is 5.92 Å². The summed E-state index contributed by atoms with van der Waals surface area (Å²) in [6, 6.07) is 12.5. The van der Waals surface area contributed by atoms with E-state index >= 15 is 0 Å². The van der Waals surface area contributed by atoms with E-state index in [1.807, 2.05) is 28.9 Å². The van der Waals surface area contributed by atoms with Crippen LogP contribution in [0.5, 0.6) is 5.75 Å². The number of aromatic amines is 1. The monoisotopic (exact) mass is 420 g/mol. The number of aliphatic hydroxyl groups excluding tert-OH is 1. The van der Waals surface area contributed by atoms with Crippen molar-refractivity contribution in [3.63, 3.8) is 0 Å². The second-order valence-corrected chi connectivity index (χ2v) is 8.54. The molecule has 0 atom stereocenters. The van der Waals surface area contributed by atoms with Gasteiger partial charge in [0.2, 0.25) is 0 Å². The quantitative estimate of drug-likeness (QED) is 0.664. The molecule has 162 valence electrons. The normalized spacial score (nSPS) is 17.4. The molecule has 2 N–H and O–H groups in total. The lowest BCUT2D eigenvalue weighted by atomic mass is 9.98. The lowest BCUT2D eigenvalue weighted by Crippen LogP contribution is -2.47. The first-order chi connectivity index (χ1) is 15.1. The molecule has 1 saturated heterocycles. The molecule has 7 heteroatoms. The molecule has 0 radical (unpaired) electrons. The van der Waals surface area contributed by atoms with Gasteiger partial charge >= 0.3 is 6.03 Å². The van der Waals surface area contributed by atoms with Crippen LogP contribution in [0.15, 0.2) is 36.4 Å². The number of piperidine rings is 1. The zero-order valence-electron chi connectivity index (χ0n) is 17.8. The van der Waals surface area contributed by atoms with Gasteiger partial charge in [0.1, 0.15) is 18.2 Å². The molecule has 31 heavy (non-hydrogen) atoms. The summed E-state index contributed by atoms with van der Waals surface area (Å²) < 4.78 is 5.95. The van der Waals surface area contributed by atoms with Crippen molar-refractivity contribution in [2.75, 3.05) is 32.8 Å². The number of carbonyl (C=O) groups excluding carboxylic acids is 1. The maximum Gasteiger partial charge on any atom is 0.320 e. The minimum Gasteiger partial charge on any atom is -0.491 e. The summed E-state index contributed by atoms with van der Waals surface area (Å²) >= 11 is 0. The first-order valence-electron chi connectivity index (χ1n) is 11.0. The zero-order chi connectivity index (χ0) is 21.4. The number of ether oxygens (including phenoxy) is 1. The average molecular weight is 421 g/mol. The summed E-state index contributed by atoms with van der Waals surface area (Å²) in [4.78, 5) is 24.7. The lowest BCUT2D eigenvalue weighted by Gasteiger charge is -2.34. The Labute approximate surface area is 181 Å². The number of aliphatic hydroxyl groups is 1. The fourth-order valence-corrected chi connectivity index (χ4v) is 4.56. The fourth-order valence-electron chi connectivity index (χ4n) is 4.56. The minimum atomic E-state index is 0.0626. The van der Waals surface area contributed by atoms with E-state index in [1.54, 1.807) is 0 Å². The van der Waals surface area contributed by atoms with Crippen LogP contribution in [0.25, 0.3) is 22.2 Å². The maximum absolute atomic E-state index is 13.1. The van der Waals surface area contributed by atoms with Crippen LogP contribution in [0.2, 0.25) is 0 Å². The molecule has 2 aromatic carbocycles. The molecule has 2 aliphatic heterocycles. The van der Waals surface area contributed by atoms with Crippen molar-refractivity contribution >= 4 is 17.1 Å². The van der Waals surface area contributed by atoms with Gasteiger partial charge in [0.25, 0.3) is 0 Å². The Morgan fingerprint density at radius 1 is 1.13 bits per heavy atom. The fraction of sp³-hybridized carbons (Fsp3) is 0.417. The number of fused-ring (bicyclic) bond motifs is 2. The molecule has 5 rings (SSSR count). The van der Waals surface area contributed by atoms with Gasteiger partial charge in [0.15, 0.2) is 0 Å². The predicted octanol–water partition coefficient (Wildman–Crippen LogP) is 3.56. The van der Waals surface area contributed by atoms with Crippen molar-refractivity contribution in [2.45, 2.75) is 26.3 Å². The summed E-state index contributed by atoms with van der Waals surface area (Å²) in [7, 11) is 0. The van der Waals surface area contributed by atoms with Gasteiger partial charge in [-0.2, -0.15) is 0 Å². The zero-order valence-corrected chi connectivity index (χ0v) is 17.8. The van der Waals surface area contributed by atoms with Crippen molar-refractivity contribution in [1.82, 2.24) is 19.8 Å². The second-order valence-electron chi connectivity index (χ2n) is 8.54. The van der Waals surface area contributed by atoms with Crippen LogP contribution < -0.4 is 4.74 Å². The number of H-pyrrole nitrogens is 1. The molecule has 0 unspecified atom stereocenters. The standard InChI is InChI=1S/C24H28N4O3/c1-16-25-21-4-2-19(13-22(21)26-16)18-3-5-23-20(12-18)14-28(10-11-31-23)24(30)27-8-6-17(15-29)7-9-27/h2-5,12-13,17,29H,6-11,14-15H2,1H3,(H,25,26). The lowest BCUT2D eigenvalue weighted by molar-refractivity contribution is 0.110. The highest BCUT2D eigenvalue weighted by Gasteiger charge is 2.28. The number of nitrogens with one attached hydrogen (secondary N) is 1. The number of amides is 2. The first-order valence-corrected chi connectivity index (χ1v) is 11.0. The van der Waals surface area contributed by atoms with Crippen molar-refractivity contribution in [3.8, 4) is 16.9 Å². The molecule has 0 spiro atoms. The molecule has 1 aromatic heterocycles. The smallest absolute Gasteiger partial charge is 0.320 e. The van der Waals surface area contributed by atoms with Crippen LogP contribution in [-0.2, 0) is 6.54 Å². The van der Waals surface area contributed by atoms with Crippen molar-refractivity contribution in [3.05, 3.63) is 47.8 Å². The number of carbonyl (C=O) groups is 1. The number of benzene rings is 2. The van der Waals surface area contributed by atoms with E-state index < -0.39 is 0 Å². The molecule has 0 bridgehead atoms. The van der Waals surface area contributed by atoms with Crippen LogP contribution in [0.3, 0.4) is 0 Å². The largest absolute Gasteiger partial charge is 0.491 e. The Morgan fingerprint density at radius 3 is 2.71 bits per heavy atom. The van der Waals surface area contributed by atoms with Gasteiger partial charge in [-0.3, -0.25) is 0 Å². The molecule has 2 aliphatic rings. The van der Waals surface area contributed by atoms with Crippen LogP contribution in [-0.4, -0.2) is 63.8 Å². The number of urea groups is 1. The van der Waals surface area contributed by atoms with Crippen LogP contribution in [0, 0.1) is 12.8 Å². The molecule has 2 amide bonds. The van der Waals surface area contributed by atoms with E-state index in [-0.39, 0.29) is 12.6 Å². The van der Waals surface area contributed by atoms with Crippen LogP contribution in [0.4, 0.5) is 4.79 Å². The molecule has 7 nitrogen and oxygen atoms in total. The Bertz CT molecular complexity index is 1100. The SMILES string of the molecule is Cc1nc2ccc(-c3ccc4c(c3)CN(C(=O)N3CCC(CO)CC3)CCO4)cc2[nH]1. The van der Waals surface area contributed by atoms with E-state index in [0.717, 1.165) is 52.1 Å². The van der Waals surface area contributed by atoms with Gasteiger partial charge in [-0.15, -0.1) is 0 Å². The number of likely N-dealkylation sites (tertiary alicyclic amines) is 1. The molecule has 3 heterocycles. The summed E-state index contributed by atoms with van der Waals surface area (Å²) in [5.74, 6) is 2.06. The third-order valence-electron chi connectivity index (χ3n) is 6.39. The van der Waals surface area contributed by atoms with Crippen LogP contribution in [0.1, 0.15) is 24.2 Å². The van der Waals surface area contributed by atoms with Crippen LogP contribution >= 0.6 is 0 Å². The molecule has 1 fully saturated rings. The van der Waals surface area contributed by atoms with Gasteiger partial charge < -0.3 is 24.6 Å². The Morgan fingerprint density at radius 2 is 1.90 bits per heavy atom. The summed E-state index contributed by atoms with van der Waals surface area (Å²) in [5.41, 5.74) is 5.20. The number of aromatic nitrogens is 2. The average Bonchev–Trinajstić information content (AvgIpc) is 3.04. The van der Waals surface area contributed by atoms with E-state index in [1.165, 1.54) is 0 Å². The molecule has 3 aromatic rings. The molecular weight excluding hydrogens is 392 g/mol. The Kier molecular flexibility index (Phi) is 5.28. The highest BCUT2D eigenvalue weighted by atomic mass is 16.5. The third-order valence-corrected chi connectivity index (χ3v) is 6.39. The van der Waals surface area contributed by atoms with Gasteiger partial charge in [0.05, 0.1) is 24.1 Å². The van der Waals surface area contributed by atoms with Gasteiger partial charge in [-0.1, -0.05) is 12.1 Å². The molecular formula is C24H28N4O3. The maximum atomic E-state index is 13.1. The van der Waals surface area contributed by atoms with Crippen molar-refractivity contribution < 1.29 is 14.6 Å². The summed E-state index contributed by atoms with van der Waals surface area (Å²) in [6.07, 6.45) is 1.73. The summed E-state index contributed by atoms with van der Waals surface area (Å²) in [6.45, 7) is 5.17. The number of hydrogen-bond donors (Lipinski definition) is 2. The van der Waals surface area contributed by atoms with Gasteiger partial charge in [-0.05, 0) is 61.1 Å². The molecule has 0 saturated carbocycles. The molecule has 0 aliphatic carbocycles. The predicted molar refractivity (Wildman–Crippen MR) is 119 cm³/mol. The van der Waals surface area contributed by atoms with Crippen molar-refractivity contribution in [1.29, 1.82) is 0 Å². The van der Waals surface area contributed by atoms with E-state index in [4.69, 9.17) is 4.74 Å². The number of nitrogens with zero attached hydrogens (tertiary/aromatic N) is 3. The highest BCUT2D eigenvalue weighted by molar-refractivity contribution is 5.82. The van der Waals surface area contributed by atoms with E-state index in [9.17, 15) is 9.90 Å². The Hall–Kier alpha value is -3.06. The minimum absolute atomic E-state index is 0.0626. The highest BCUT2D eigenvalue weighted by Crippen LogP contribution is 2.31. The third kappa shape index (κ3) is 3.97. The number of aryl methyl sites for hydroxylation is 1. The Balaban J connectivity index is 1.37. The number of imidazole rings is 1. The second kappa shape index (κ2) is 8.23. The number of rotatable bonds is 2. The number of hydrogen-bond acceptors (Lipinski definition) is 4.